The van der Waals surface area contributed by atoms with Crippen molar-refractivity contribution in [3.63, 3.8) is 0 Å². The Labute approximate surface area is 165 Å². The van der Waals surface area contributed by atoms with Gasteiger partial charge in [-0.2, -0.15) is 4.98 Å². The Morgan fingerprint density at radius 2 is 1.15 bits per heavy atom. The molecule has 4 nitrogen and oxygen atoms in total. The number of nitrogens with zero attached hydrogens (tertiary/aromatic N) is 2. The first-order chi connectivity index (χ1) is 12.9. The Kier molecular flexibility index (Phi) is 6.23. The van der Waals surface area contributed by atoms with Crippen LogP contribution in [0, 0.1) is 0 Å². The van der Waals surface area contributed by atoms with Gasteiger partial charge >= 0.3 is 0 Å². The number of anilines is 2. The van der Waals surface area contributed by atoms with Crippen molar-refractivity contribution in [2.24, 2.45) is 0 Å². The zero-order chi connectivity index (χ0) is 17.6. The lowest BCUT2D eigenvalue weighted by Crippen LogP contribution is -3.00. The van der Waals surface area contributed by atoms with Gasteiger partial charge in [-0.25, -0.2) is 4.98 Å². The maximum atomic E-state index is 4.70. The zero-order valence-electron chi connectivity index (χ0n) is 14.8. The lowest BCUT2D eigenvalue weighted by molar-refractivity contribution is -0.00000527. The predicted molar refractivity (Wildman–Crippen MR) is 107 cm³/mol. The molecule has 0 atom stereocenters. The summed E-state index contributed by atoms with van der Waals surface area (Å²) in [6, 6.07) is 28.6. The Bertz CT molecular complexity index is 991. The van der Waals surface area contributed by atoms with Crippen molar-refractivity contribution in [3.8, 4) is 0 Å². The fourth-order valence-corrected chi connectivity index (χ4v) is 2.85. The molecule has 4 aromatic rings. The van der Waals surface area contributed by atoms with Crippen molar-refractivity contribution in [1.29, 1.82) is 0 Å². The third kappa shape index (κ3) is 4.74. The normalized spacial score (nSPS) is 10.2. The van der Waals surface area contributed by atoms with Crippen LogP contribution in [-0.2, 0) is 13.1 Å². The first kappa shape index (κ1) is 18.7. The van der Waals surface area contributed by atoms with Crippen molar-refractivity contribution < 1.29 is 12.4 Å². The molecule has 0 bridgehead atoms. The molecule has 27 heavy (non-hydrogen) atoms. The monoisotopic (exact) mass is 375 g/mol. The topological polar surface area (TPSA) is 49.8 Å². The van der Waals surface area contributed by atoms with Crippen molar-refractivity contribution in [3.05, 3.63) is 96.1 Å². The average molecular weight is 376 g/mol. The van der Waals surface area contributed by atoms with E-state index in [9.17, 15) is 0 Å². The van der Waals surface area contributed by atoms with Crippen LogP contribution in [0.15, 0.2) is 84.9 Å². The molecule has 1 heterocycles. The molecule has 0 saturated heterocycles. The number of fused-ring (bicyclic) bond motifs is 1. The Hall–Kier alpha value is -3.11. The molecule has 1 aromatic heterocycles. The van der Waals surface area contributed by atoms with Crippen LogP contribution in [0.25, 0.3) is 10.9 Å². The van der Waals surface area contributed by atoms with E-state index in [0.29, 0.717) is 12.5 Å². The number of aromatic nitrogens is 2. The molecule has 0 saturated carbocycles. The molecule has 0 amide bonds. The van der Waals surface area contributed by atoms with Gasteiger partial charge in [-0.1, -0.05) is 72.8 Å². The van der Waals surface area contributed by atoms with Crippen LogP contribution in [0.4, 0.5) is 11.8 Å². The second-order valence-corrected chi connectivity index (χ2v) is 6.09. The van der Waals surface area contributed by atoms with Gasteiger partial charge in [0.2, 0.25) is 5.95 Å². The van der Waals surface area contributed by atoms with Gasteiger partial charge < -0.3 is 23.0 Å². The number of hydrogen-bond acceptors (Lipinski definition) is 4. The highest BCUT2D eigenvalue weighted by atomic mass is 35.5. The minimum atomic E-state index is 0. The number of hydrogen-bond donors (Lipinski definition) is 2. The summed E-state index contributed by atoms with van der Waals surface area (Å²) in [5, 5.41) is 7.80. The summed E-state index contributed by atoms with van der Waals surface area (Å²) < 4.78 is 0. The summed E-state index contributed by atoms with van der Waals surface area (Å²) in [5.41, 5.74) is 3.34. The Balaban J connectivity index is 0.00000210. The first-order valence-electron chi connectivity index (χ1n) is 8.71. The molecule has 2 N–H and O–H groups in total. The lowest BCUT2D eigenvalue weighted by Gasteiger charge is -2.12. The molecule has 0 radical (unpaired) electrons. The molecule has 136 valence electrons. The van der Waals surface area contributed by atoms with Gasteiger partial charge in [0, 0.05) is 18.5 Å². The zero-order valence-corrected chi connectivity index (χ0v) is 15.5. The number of nitrogens with one attached hydrogen (secondary N) is 2. The van der Waals surface area contributed by atoms with Gasteiger partial charge in [-0.15, -0.1) is 0 Å². The van der Waals surface area contributed by atoms with E-state index in [1.54, 1.807) is 0 Å². The van der Waals surface area contributed by atoms with Crippen LogP contribution in [0.1, 0.15) is 11.1 Å². The Morgan fingerprint density at radius 3 is 1.81 bits per heavy atom. The molecule has 4 rings (SSSR count). The van der Waals surface area contributed by atoms with Crippen LogP contribution in [-0.4, -0.2) is 9.97 Å². The quantitative estimate of drug-likeness (QED) is 0.540. The van der Waals surface area contributed by atoms with E-state index >= 15 is 0 Å². The summed E-state index contributed by atoms with van der Waals surface area (Å²) >= 11 is 0. The predicted octanol–water partition coefficient (Wildman–Crippen LogP) is 1.86. The van der Waals surface area contributed by atoms with Crippen LogP contribution >= 0.6 is 0 Å². The fourth-order valence-electron chi connectivity index (χ4n) is 2.85. The number of halogens is 1. The van der Waals surface area contributed by atoms with E-state index in [1.165, 1.54) is 11.1 Å². The second kappa shape index (κ2) is 9.01. The third-order valence-electron chi connectivity index (χ3n) is 4.20. The number of rotatable bonds is 6. The largest absolute Gasteiger partial charge is 1.00 e. The molecule has 0 unspecified atom stereocenters. The van der Waals surface area contributed by atoms with E-state index in [1.807, 2.05) is 60.7 Å². The Morgan fingerprint density at radius 1 is 0.593 bits per heavy atom. The van der Waals surface area contributed by atoms with Gasteiger partial charge in [-0.3, -0.25) is 0 Å². The lowest BCUT2D eigenvalue weighted by atomic mass is 10.2. The van der Waals surface area contributed by atoms with Crippen LogP contribution in [0.2, 0.25) is 0 Å². The van der Waals surface area contributed by atoms with E-state index in [2.05, 4.69) is 39.9 Å². The molecular weight excluding hydrogens is 356 g/mol. The van der Waals surface area contributed by atoms with Gasteiger partial charge in [0.25, 0.3) is 0 Å². The molecule has 0 aliphatic rings. The van der Waals surface area contributed by atoms with Gasteiger partial charge in [0.15, 0.2) is 0 Å². The van der Waals surface area contributed by atoms with Crippen molar-refractivity contribution in [1.82, 2.24) is 9.97 Å². The molecule has 3 aromatic carbocycles. The minimum absolute atomic E-state index is 0. The molecular formula is C22H20ClN4-. The van der Waals surface area contributed by atoms with E-state index in [-0.39, 0.29) is 12.4 Å². The van der Waals surface area contributed by atoms with E-state index < -0.39 is 0 Å². The number of para-hydroxylation sites is 1. The highest BCUT2D eigenvalue weighted by molar-refractivity contribution is 5.90. The maximum absolute atomic E-state index is 4.70. The van der Waals surface area contributed by atoms with Crippen molar-refractivity contribution >= 4 is 22.7 Å². The number of benzene rings is 3. The summed E-state index contributed by atoms with van der Waals surface area (Å²) in [7, 11) is 0. The van der Waals surface area contributed by atoms with Crippen LogP contribution < -0.4 is 23.0 Å². The third-order valence-corrected chi connectivity index (χ3v) is 4.20. The van der Waals surface area contributed by atoms with E-state index in [4.69, 9.17) is 4.98 Å². The van der Waals surface area contributed by atoms with Crippen LogP contribution in [0.5, 0.6) is 0 Å². The summed E-state index contributed by atoms with van der Waals surface area (Å²) in [6.45, 7) is 1.41. The smallest absolute Gasteiger partial charge is 0.225 e. The molecule has 0 aliphatic carbocycles. The highest BCUT2D eigenvalue weighted by Gasteiger charge is 2.07. The molecule has 0 spiro atoms. The van der Waals surface area contributed by atoms with Crippen LogP contribution in [0.3, 0.4) is 0 Å². The fraction of sp³-hybridized carbons (Fsp3) is 0.0909. The van der Waals surface area contributed by atoms with Gasteiger partial charge in [0.1, 0.15) is 5.82 Å². The van der Waals surface area contributed by atoms with Crippen molar-refractivity contribution in [2.75, 3.05) is 10.6 Å². The summed E-state index contributed by atoms with van der Waals surface area (Å²) in [4.78, 5) is 9.34. The summed E-state index contributed by atoms with van der Waals surface area (Å²) in [5.74, 6) is 1.47. The molecule has 0 fully saturated rings. The van der Waals surface area contributed by atoms with Gasteiger partial charge in [0.05, 0.1) is 5.52 Å². The average Bonchev–Trinajstić information content (AvgIpc) is 2.72. The van der Waals surface area contributed by atoms with Gasteiger partial charge in [-0.05, 0) is 23.3 Å². The summed E-state index contributed by atoms with van der Waals surface area (Å²) in [6.07, 6.45) is 0. The minimum Gasteiger partial charge on any atom is -1.00 e. The SMILES string of the molecule is [Cl-].c1ccc(CNc2nc(NCc3ccccc3)c3ccccc3n2)cc1. The first-order valence-corrected chi connectivity index (χ1v) is 8.71. The standard InChI is InChI=1S/C22H20N4.ClH/c1-3-9-17(10-4-1)15-23-21-19-13-7-8-14-20(19)25-22(26-21)24-16-18-11-5-2-6-12-18;/h1-14H,15-16H2,(H2,23,24,25,26);1H/p-1. The maximum Gasteiger partial charge on any atom is 0.225 e. The second-order valence-electron chi connectivity index (χ2n) is 6.09. The molecule has 0 aliphatic heterocycles. The molecule has 5 heteroatoms. The van der Waals surface area contributed by atoms with Crippen molar-refractivity contribution in [2.45, 2.75) is 13.1 Å². The van der Waals surface area contributed by atoms with E-state index in [0.717, 1.165) is 23.3 Å². The highest BCUT2D eigenvalue weighted by Crippen LogP contribution is 2.22.